The van der Waals surface area contributed by atoms with Crippen LogP contribution in [-0.4, -0.2) is 11.9 Å². The molecule has 0 aromatic heterocycles. The van der Waals surface area contributed by atoms with Gasteiger partial charge in [0.15, 0.2) is 0 Å². The number of hydrogen-bond donors (Lipinski definition) is 0. The van der Waals surface area contributed by atoms with E-state index in [2.05, 4.69) is 72.7 Å². The van der Waals surface area contributed by atoms with Crippen LogP contribution in [0.15, 0.2) is 34.3 Å². The largest absolute Gasteiger partial charge is 0.255 e. The minimum atomic E-state index is 0.875. The van der Waals surface area contributed by atoms with E-state index < -0.39 is 0 Å². The number of benzene rings is 2. The Bertz CT molecular complexity index is 997. The van der Waals surface area contributed by atoms with Crippen molar-refractivity contribution in [2.45, 2.75) is 132 Å². The monoisotopic (exact) mass is 488 g/mol. The first-order valence-corrected chi connectivity index (χ1v) is 14.8. The molecule has 2 heteroatoms. The van der Waals surface area contributed by atoms with Gasteiger partial charge in [-0.15, -0.1) is 0 Å². The Labute approximate surface area is 222 Å². The molecule has 0 N–H and O–H groups in total. The van der Waals surface area contributed by atoms with E-state index in [4.69, 9.17) is 9.98 Å². The second-order valence-corrected chi connectivity index (χ2v) is 10.4. The normalized spacial score (nSPS) is 12.1. The fraction of sp³-hybridized carbons (Fsp3) is 0.588. The number of aliphatic imine (C=N–C) groups is 2. The Hall–Kier alpha value is -2.22. The summed E-state index contributed by atoms with van der Waals surface area (Å²) in [6.45, 7) is 15.8. The predicted octanol–water partition coefficient (Wildman–Crippen LogP) is 10.6. The summed E-state index contributed by atoms with van der Waals surface area (Å²) in [6, 6.07) is 9.17. The van der Waals surface area contributed by atoms with E-state index in [1.807, 2.05) is 6.21 Å². The van der Waals surface area contributed by atoms with Gasteiger partial charge in [0.25, 0.3) is 0 Å². The second-order valence-electron chi connectivity index (χ2n) is 10.4. The van der Waals surface area contributed by atoms with Gasteiger partial charge in [-0.2, -0.15) is 0 Å². The predicted molar refractivity (Wildman–Crippen MR) is 162 cm³/mol. The lowest BCUT2D eigenvalue weighted by atomic mass is 9.93. The van der Waals surface area contributed by atoms with Crippen molar-refractivity contribution < 1.29 is 0 Å². The molecule has 0 aliphatic carbocycles. The van der Waals surface area contributed by atoms with Crippen molar-refractivity contribution in [2.24, 2.45) is 9.98 Å². The van der Waals surface area contributed by atoms with Crippen molar-refractivity contribution >= 4 is 23.3 Å². The van der Waals surface area contributed by atoms with E-state index in [9.17, 15) is 0 Å². The first-order valence-electron chi connectivity index (χ1n) is 14.8. The summed E-state index contributed by atoms with van der Waals surface area (Å²) in [7, 11) is 0. The summed E-state index contributed by atoms with van der Waals surface area (Å²) in [4.78, 5) is 9.96. The topological polar surface area (TPSA) is 24.7 Å². The van der Waals surface area contributed by atoms with Gasteiger partial charge in [-0.05, 0) is 123 Å². The highest BCUT2D eigenvalue weighted by atomic mass is 14.8. The molecule has 2 aromatic rings. The van der Waals surface area contributed by atoms with Gasteiger partial charge in [0.05, 0.1) is 17.1 Å². The molecule has 2 nitrogen and oxygen atoms in total. The maximum Gasteiger partial charge on any atom is 0.0639 e. The first kappa shape index (κ1) is 30.0. The van der Waals surface area contributed by atoms with Crippen molar-refractivity contribution in [3.63, 3.8) is 0 Å². The fourth-order valence-corrected chi connectivity index (χ4v) is 5.16. The third kappa shape index (κ3) is 9.34. The molecule has 0 aliphatic heterocycles. The van der Waals surface area contributed by atoms with Gasteiger partial charge in [-0.1, -0.05) is 66.7 Å². The number of aryl methyl sites for hydroxylation is 4. The van der Waals surface area contributed by atoms with E-state index >= 15 is 0 Å². The Morgan fingerprint density at radius 2 is 1.22 bits per heavy atom. The average Bonchev–Trinajstić information content (AvgIpc) is 2.87. The molecule has 0 spiro atoms. The van der Waals surface area contributed by atoms with Crippen LogP contribution in [0.1, 0.15) is 126 Å². The van der Waals surface area contributed by atoms with Crippen molar-refractivity contribution in [1.29, 1.82) is 0 Å². The molecule has 0 heterocycles. The molecular weight excluding hydrogens is 436 g/mol. The maximum absolute atomic E-state index is 5.07. The Kier molecular flexibility index (Phi) is 13.8. The summed E-state index contributed by atoms with van der Waals surface area (Å²) in [5.41, 5.74) is 12.0. The van der Waals surface area contributed by atoms with Gasteiger partial charge in [0.1, 0.15) is 0 Å². The van der Waals surface area contributed by atoms with Gasteiger partial charge in [0.2, 0.25) is 0 Å². The lowest BCUT2D eigenvalue weighted by Crippen LogP contribution is -2.01. The zero-order valence-corrected chi connectivity index (χ0v) is 24.5. The molecule has 0 saturated heterocycles. The zero-order valence-electron chi connectivity index (χ0n) is 24.5. The van der Waals surface area contributed by atoms with Gasteiger partial charge >= 0.3 is 0 Å². The van der Waals surface area contributed by atoms with Crippen LogP contribution in [0.4, 0.5) is 11.4 Å². The van der Waals surface area contributed by atoms with Crippen molar-refractivity contribution in [3.8, 4) is 0 Å². The molecule has 0 saturated carbocycles. The highest BCUT2D eigenvalue weighted by Crippen LogP contribution is 2.27. The number of nitrogens with zero attached hydrogens (tertiary/aromatic N) is 2. The third-order valence-electron chi connectivity index (χ3n) is 7.33. The van der Waals surface area contributed by atoms with Crippen LogP contribution in [-0.2, 0) is 25.7 Å². The van der Waals surface area contributed by atoms with Gasteiger partial charge in [0, 0.05) is 6.21 Å². The van der Waals surface area contributed by atoms with Crippen LogP contribution in [0.3, 0.4) is 0 Å². The van der Waals surface area contributed by atoms with Gasteiger partial charge < -0.3 is 0 Å². The molecule has 2 rings (SSSR count). The van der Waals surface area contributed by atoms with E-state index in [0.717, 1.165) is 42.8 Å². The second kappa shape index (κ2) is 16.5. The quantitative estimate of drug-likeness (QED) is 0.166. The molecule has 0 aliphatic rings. The van der Waals surface area contributed by atoms with Crippen LogP contribution >= 0.6 is 0 Å². The molecule has 198 valence electrons. The number of rotatable bonds is 16. The highest BCUT2D eigenvalue weighted by Gasteiger charge is 2.10. The highest BCUT2D eigenvalue weighted by molar-refractivity contribution is 6.31. The SMILES string of the molecule is CCCCCCc1c(C)cc(N=C(C=Nc2cc(C)c(CC)c(CCCC)c2)CC)cc1CCCC. The lowest BCUT2D eigenvalue weighted by molar-refractivity contribution is 0.661. The smallest absolute Gasteiger partial charge is 0.0639 e. The molecule has 0 atom stereocenters. The van der Waals surface area contributed by atoms with Crippen LogP contribution in [0.5, 0.6) is 0 Å². The number of unbranched alkanes of at least 4 members (excludes halogenated alkanes) is 5. The van der Waals surface area contributed by atoms with E-state index in [1.165, 1.54) is 85.6 Å². The van der Waals surface area contributed by atoms with Crippen LogP contribution < -0.4 is 0 Å². The molecule has 0 fully saturated rings. The van der Waals surface area contributed by atoms with Crippen molar-refractivity contribution in [2.75, 3.05) is 0 Å². The average molecular weight is 489 g/mol. The van der Waals surface area contributed by atoms with Gasteiger partial charge in [-0.3, -0.25) is 9.98 Å². The summed E-state index contributed by atoms with van der Waals surface area (Å²) >= 11 is 0. The summed E-state index contributed by atoms with van der Waals surface area (Å²) in [6.07, 6.45) is 17.6. The Balaban J connectivity index is 2.32. The molecular formula is C34H52N2. The molecule has 0 radical (unpaired) electrons. The Morgan fingerprint density at radius 1 is 0.639 bits per heavy atom. The fourth-order valence-electron chi connectivity index (χ4n) is 5.16. The van der Waals surface area contributed by atoms with Crippen molar-refractivity contribution in [3.05, 3.63) is 57.6 Å². The van der Waals surface area contributed by atoms with Crippen LogP contribution in [0.25, 0.3) is 0 Å². The molecule has 0 bridgehead atoms. The first-order chi connectivity index (χ1) is 17.5. The molecule has 2 aromatic carbocycles. The zero-order chi connectivity index (χ0) is 26.3. The van der Waals surface area contributed by atoms with Crippen molar-refractivity contribution in [1.82, 2.24) is 0 Å². The summed E-state index contributed by atoms with van der Waals surface area (Å²) < 4.78 is 0. The van der Waals surface area contributed by atoms with E-state index in [-0.39, 0.29) is 0 Å². The minimum absolute atomic E-state index is 0.875. The van der Waals surface area contributed by atoms with Gasteiger partial charge in [-0.25, -0.2) is 0 Å². The lowest BCUT2D eigenvalue weighted by Gasteiger charge is -2.14. The summed E-state index contributed by atoms with van der Waals surface area (Å²) in [5.74, 6) is 0. The van der Waals surface area contributed by atoms with Crippen LogP contribution in [0, 0.1) is 13.8 Å². The molecule has 0 amide bonds. The molecule has 36 heavy (non-hydrogen) atoms. The minimum Gasteiger partial charge on any atom is -0.255 e. The number of hydrogen-bond acceptors (Lipinski definition) is 2. The third-order valence-corrected chi connectivity index (χ3v) is 7.33. The van der Waals surface area contributed by atoms with Crippen LogP contribution in [0.2, 0.25) is 0 Å². The Morgan fingerprint density at radius 3 is 1.83 bits per heavy atom. The standard InChI is InChI=1S/C34H52N2/c1-8-13-16-17-20-34-27(7)22-32(24-29(34)19-15-10-3)36-30(11-4)25-35-31-21-26(6)33(12-5)28(23-31)18-14-9-2/h21-25H,8-20H2,1-7H3. The molecule has 0 unspecified atom stereocenters. The van der Waals surface area contributed by atoms with E-state index in [1.54, 1.807) is 5.56 Å². The maximum atomic E-state index is 5.07. The van der Waals surface area contributed by atoms with E-state index in [0.29, 0.717) is 0 Å². The summed E-state index contributed by atoms with van der Waals surface area (Å²) in [5, 5.41) is 0.